The normalized spacial score (nSPS) is 24.4. The van der Waals surface area contributed by atoms with Crippen LogP contribution in [0.1, 0.15) is 74.0 Å². The topological polar surface area (TPSA) is 127 Å². The van der Waals surface area contributed by atoms with Gasteiger partial charge in [-0.2, -0.15) is 0 Å². The summed E-state index contributed by atoms with van der Waals surface area (Å²) >= 11 is 0. The van der Waals surface area contributed by atoms with Crippen LogP contribution in [0.5, 0.6) is 0 Å². The summed E-state index contributed by atoms with van der Waals surface area (Å²) in [4.78, 5) is 25.5. The summed E-state index contributed by atoms with van der Waals surface area (Å²) in [6, 6.07) is 15.3. The number of carboxylic acids is 1. The van der Waals surface area contributed by atoms with Crippen LogP contribution in [0.3, 0.4) is 0 Å². The molecule has 0 unspecified atom stereocenters. The number of anilines is 1. The Morgan fingerprint density at radius 2 is 1.68 bits per heavy atom. The number of unbranched alkanes of at least 4 members (excludes halogenated alkanes) is 1. The van der Waals surface area contributed by atoms with E-state index in [9.17, 15) is 14.7 Å². The maximum Gasteiger partial charge on any atom is 0.303 e. The highest BCUT2D eigenvalue weighted by atomic mass is 16.7. The molecule has 10 nitrogen and oxygen atoms in total. The number of rotatable bonds is 11. The number of nitrogens with zero attached hydrogens (tertiary/aromatic N) is 1. The molecule has 3 aliphatic rings. The first-order valence-electron chi connectivity index (χ1n) is 14.5. The summed E-state index contributed by atoms with van der Waals surface area (Å²) in [5.41, 5.74) is 3.32. The average Bonchev–Trinajstić information content (AvgIpc) is 3.44. The second kappa shape index (κ2) is 13.9. The fourth-order valence-electron chi connectivity index (χ4n) is 5.73. The maximum absolute atomic E-state index is 12.4. The molecule has 3 atom stereocenters. The molecule has 2 aromatic rings. The monoisotopic (exact) mass is 568 g/mol. The molecular formula is C31H40N2O8. The number of ether oxygens (including phenoxy) is 4. The summed E-state index contributed by atoms with van der Waals surface area (Å²) in [5, 5.41) is 21.2. The van der Waals surface area contributed by atoms with Crippen LogP contribution in [0.4, 0.5) is 5.69 Å². The number of hydrogen-bond donors (Lipinski definition) is 3. The van der Waals surface area contributed by atoms with E-state index >= 15 is 0 Å². The number of aliphatic hydroxyl groups is 1. The van der Waals surface area contributed by atoms with Crippen molar-refractivity contribution in [1.82, 2.24) is 4.90 Å². The summed E-state index contributed by atoms with van der Waals surface area (Å²) in [5.74, 6) is -1.43. The van der Waals surface area contributed by atoms with Crippen molar-refractivity contribution in [3.63, 3.8) is 0 Å². The molecule has 0 saturated carbocycles. The van der Waals surface area contributed by atoms with Gasteiger partial charge >= 0.3 is 5.97 Å². The molecule has 3 aliphatic heterocycles. The van der Waals surface area contributed by atoms with Crippen molar-refractivity contribution in [3.8, 4) is 0 Å². The van der Waals surface area contributed by atoms with E-state index in [1.165, 1.54) is 0 Å². The van der Waals surface area contributed by atoms with E-state index < -0.39 is 18.0 Å². The van der Waals surface area contributed by atoms with Crippen LogP contribution >= 0.6 is 0 Å². The number of carboxylic acid groups (broad SMARTS) is 1. The number of nitrogens with one attached hydrogen (secondary N) is 1. The Balaban J connectivity index is 1.25. The third-order valence-electron chi connectivity index (χ3n) is 8.00. The van der Waals surface area contributed by atoms with Crippen molar-refractivity contribution in [2.45, 2.75) is 75.8 Å². The van der Waals surface area contributed by atoms with E-state index in [-0.39, 0.29) is 37.6 Å². The lowest BCUT2D eigenvalue weighted by atomic mass is 9.98. The molecule has 5 rings (SSSR count). The summed E-state index contributed by atoms with van der Waals surface area (Å²) in [7, 11) is 0. The Morgan fingerprint density at radius 3 is 2.39 bits per heavy atom. The Bertz CT molecular complexity index is 1160. The first-order chi connectivity index (χ1) is 19.9. The molecule has 1 spiro atoms. The Kier molecular flexibility index (Phi) is 10.0. The van der Waals surface area contributed by atoms with E-state index in [1.54, 1.807) is 0 Å². The number of carbonyl (C=O) groups excluding carboxylic acids is 1. The highest BCUT2D eigenvalue weighted by Gasteiger charge is 2.41. The van der Waals surface area contributed by atoms with Gasteiger partial charge in [-0.3, -0.25) is 9.59 Å². The van der Waals surface area contributed by atoms with Gasteiger partial charge in [0.05, 0.1) is 32.0 Å². The molecule has 0 bridgehead atoms. The zero-order valence-electron chi connectivity index (χ0n) is 23.3. The molecule has 222 valence electrons. The molecular weight excluding hydrogens is 528 g/mol. The quantitative estimate of drug-likeness (QED) is 0.343. The molecule has 10 heteroatoms. The Labute approximate surface area is 240 Å². The molecule has 1 amide bonds. The van der Waals surface area contributed by atoms with Crippen LogP contribution in [0.15, 0.2) is 48.5 Å². The Hall–Kier alpha value is -2.86. The second-order valence-electron chi connectivity index (χ2n) is 11.0. The van der Waals surface area contributed by atoms with Gasteiger partial charge in [0.25, 0.3) is 0 Å². The van der Waals surface area contributed by atoms with Crippen molar-refractivity contribution >= 4 is 17.6 Å². The number of piperidine rings is 1. The molecule has 3 fully saturated rings. The highest BCUT2D eigenvalue weighted by Crippen LogP contribution is 2.39. The molecule has 2 aromatic carbocycles. The van der Waals surface area contributed by atoms with E-state index in [1.807, 2.05) is 48.5 Å². The van der Waals surface area contributed by atoms with Gasteiger partial charge in [-0.25, -0.2) is 0 Å². The fourth-order valence-corrected chi connectivity index (χ4v) is 5.73. The predicted octanol–water partition coefficient (Wildman–Crippen LogP) is 4.15. The third-order valence-corrected chi connectivity index (χ3v) is 8.00. The SMILES string of the molecule is O=C(O)CCCCC(=O)Nc1cccc([C@H]2O[C@@H](CN3CCC4(CC3)OCCO4)C[C@@H](c3ccc(CO)cc3)O2)c1. The zero-order valence-corrected chi connectivity index (χ0v) is 23.3. The average molecular weight is 569 g/mol. The van der Waals surface area contributed by atoms with E-state index in [0.29, 0.717) is 38.2 Å². The Morgan fingerprint density at radius 1 is 0.951 bits per heavy atom. The van der Waals surface area contributed by atoms with Gasteiger partial charge < -0.3 is 39.4 Å². The molecule has 0 aliphatic carbocycles. The maximum atomic E-state index is 12.4. The van der Waals surface area contributed by atoms with Crippen LogP contribution in [-0.2, 0) is 35.1 Å². The van der Waals surface area contributed by atoms with E-state index in [4.69, 9.17) is 24.1 Å². The third kappa shape index (κ3) is 8.12. The molecule has 0 aromatic heterocycles. The smallest absolute Gasteiger partial charge is 0.303 e. The van der Waals surface area contributed by atoms with Crippen LogP contribution < -0.4 is 5.32 Å². The largest absolute Gasteiger partial charge is 0.481 e. The first-order valence-corrected chi connectivity index (χ1v) is 14.5. The number of aliphatic hydroxyl groups excluding tert-OH is 1. The van der Waals surface area contributed by atoms with E-state index in [0.717, 1.165) is 49.2 Å². The highest BCUT2D eigenvalue weighted by molar-refractivity contribution is 5.90. The van der Waals surface area contributed by atoms with Crippen LogP contribution in [0.2, 0.25) is 0 Å². The minimum Gasteiger partial charge on any atom is -0.481 e. The summed E-state index contributed by atoms with van der Waals surface area (Å²) in [6.45, 7) is 3.80. The van der Waals surface area contributed by atoms with Crippen molar-refractivity contribution in [2.24, 2.45) is 0 Å². The van der Waals surface area contributed by atoms with Gasteiger partial charge in [0, 0.05) is 63.0 Å². The summed E-state index contributed by atoms with van der Waals surface area (Å²) in [6.07, 6.45) is 2.76. The van der Waals surface area contributed by atoms with Crippen LogP contribution in [0, 0.1) is 0 Å². The first kappa shape index (κ1) is 29.6. The molecule has 0 radical (unpaired) electrons. The molecule has 3 saturated heterocycles. The number of hydrogen-bond acceptors (Lipinski definition) is 8. The van der Waals surface area contributed by atoms with Gasteiger partial charge in [-0.05, 0) is 36.1 Å². The second-order valence-corrected chi connectivity index (χ2v) is 11.0. The number of benzene rings is 2. The standard InChI is InChI=1S/C31H40N2O8/c34-21-22-8-10-23(11-9-22)27-19-26(20-33-14-12-31(13-15-33)38-16-17-39-31)40-30(41-27)24-4-3-5-25(18-24)32-28(35)6-1-2-7-29(36)37/h3-5,8-11,18,26-27,30,34H,1-2,6-7,12-17,19-21H2,(H,32,35)(H,36,37)/t26-,27+,30+/m1/s1. The lowest BCUT2D eigenvalue weighted by molar-refractivity contribution is -0.255. The number of amides is 1. The minimum absolute atomic E-state index is 0.0118. The lowest BCUT2D eigenvalue weighted by Crippen LogP contribution is -2.48. The predicted molar refractivity (Wildman–Crippen MR) is 150 cm³/mol. The van der Waals surface area contributed by atoms with Crippen LogP contribution in [0.25, 0.3) is 0 Å². The van der Waals surface area contributed by atoms with Crippen molar-refractivity contribution < 1.29 is 38.7 Å². The van der Waals surface area contributed by atoms with Crippen molar-refractivity contribution in [2.75, 3.05) is 38.2 Å². The van der Waals surface area contributed by atoms with Gasteiger partial charge in [0.15, 0.2) is 12.1 Å². The van der Waals surface area contributed by atoms with Gasteiger partial charge in [-0.1, -0.05) is 36.4 Å². The number of likely N-dealkylation sites (tertiary alicyclic amines) is 1. The van der Waals surface area contributed by atoms with E-state index in [2.05, 4.69) is 10.2 Å². The van der Waals surface area contributed by atoms with Crippen molar-refractivity contribution in [3.05, 3.63) is 65.2 Å². The zero-order chi connectivity index (χ0) is 28.7. The van der Waals surface area contributed by atoms with Crippen LogP contribution in [-0.4, -0.2) is 71.7 Å². The summed E-state index contributed by atoms with van der Waals surface area (Å²) < 4.78 is 24.8. The number of aliphatic carboxylic acids is 1. The molecule has 41 heavy (non-hydrogen) atoms. The molecule has 3 N–H and O–H groups in total. The lowest BCUT2D eigenvalue weighted by Gasteiger charge is -2.41. The van der Waals surface area contributed by atoms with Gasteiger partial charge in [-0.15, -0.1) is 0 Å². The van der Waals surface area contributed by atoms with Crippen molar-refractivity contribution in [1.29, 1.82) is 0 Å². The number of carbonyl (C=O) groups is 2. The molecule has 3 heterocycles. The fraction of sp³-hybridized carbons (Fsp3) is 0.548. The van der Waals surface area contributed by atoms with Gasteiger partial charge in [0.1, 0.15) is 0 Å². The van der Waals surface area contributed by atoms with Gasteiger partial charge in [0.2, 0.25) is 5.91 Å². The minimum atomic E-state index is -0.854.